The van der Waals surface area contributed by atoms with Crippen LogP contribution in [0.25, 0.3) is 0 Å². The Morgan fingerprint density at radius 3 is 2.41 bits per heavy atom. The van der Waals surface area contributed by atoms with Crippen LogP contribution in [0.4, 0.5) is 0 Å². The molecule has 0 bridgehead atoms. The Labute approximate surface area is 165 Å². The first-order valence-electron chi connectivity index (χ1n) is 10.9. The van der Waals surface area contributed by atoms with Crippen molar-refractivity contribution >= 4 is 5.97 Å². The lowest BCUT2D eigenvalue weighted by Gasteiger charge is -2.32. The molecule has 0 aromatic rings. The summed E-state index contributed by atoms with van der Waals surface area (Å²) in [7, 11) is 0. The number of aliphatic carboxylic acids is 1. The molecule has 1 aliphatic rings. The smallest absolute Gasteiger partial charge is 0.305 e. The van der Waals surface area contributed by atoms with Gasteiger partial charge in [0.2, 0.25) is 0 Å². The average molecular weight is 387 g/mol. The third-order valence-corrected chi connectivity index (χ3v) is 6.56. The molecule has 0 radical (unpaired) electrons. The molecular weight excluding hydrogens is 344 g/mol. The molecule has 27 heavy (non-hydrogen) atoms. The number of unbranched alkanes of at least 4 members (excludes halogenated alkanes) is 2. The van der Waals surface area contributed by atoms with Crippen LogP contribution in [0, 0.1) is 17.3 Å². The fourth-order valence-corrected chi connectivity index (χ4v) is 4.54. The molecule has 1 rings (SSSR count). The van der Waals surface area contributed by atoms with E-state index in [9.17, 15) is 20.1 Å². The number of carbonyl (C=O) groups is 1. The van der Waals surface area contributed by atoms with Crippen LogP contribution in [0.15, 0.2) is 0 Å². The normalized spacial score (nSPS) is 25.5. The lowest BCUT2D eigenvalue weighted by Crippen LogP contribution is -2.31. The van der Waals surface area contributed by atoms with Gasteiger partial charge < -0.3 is 20.4 Å². The third-order valence-electron chi connectivity index (χ3n) is 6.56. The van der Waals surface area contributed by atoms with E-state index < -0.39 is 12.1 Å². The van der Waals surface area contributed by atoms with E-state index in [1.54, 1.807) is 0 Å². The summed E-state index contributed by atoms with van der Waals surface area (Å²) in [5.41, 5.74) is -0.0741. The maximum Gasteiger partial charge on any atom is 0.305 e. The van der Waals surface area contributed by atoms with Crippen molar-refractivity contribution in [2.45, 2.75) is 116 Å². The first kappa shape index (κ1) is 24.4. The van der Waals surface area contributed by atoms with Crippen molar-refractivity contribution in [2.75, 3.05) is 0 Å². The van der Waals surface area contributed by atoms with E-state index in [1.807, 2.05) is 0 Å². The quantitative estimate of drug-likeness (QED) is 0.337. The molecule has 1 saturated carbocycles. The molecule has 5 heteroatoms. The van der Waals surface area contributed by atoms with E-state index in [2.05, 4.69) is 20.8 Å². The van der Waals surface area contributed by atoms with Crippen molar-refractivity contribution in [2.24, 2.45) is 17.3 Å². The molecule has 5 atom stereocenters. The molecule has 0 aromatic heterocycles. The lowest BCUT2D eigenvalue weighted by atomic mass is 9.77. The number of aliphatic hydroxyl groups is 3. The average Bonchev–Trinajstić information content (AvgIpc) is 2.94. The summed E-state index contributed by atoms with van der Waals surface area (Å²) in [6.45, 7) is 6.44. The van der Waals surface area contributed by atoms with E-state index in [1.165, 1.54) is 0 Å². The van der Waals surface area contributed by atoms with Crippen molar-refractivity contribution in [1.82, 2.24) is 0 Å². The van der Waals surface area contributed by atoms with Gasteiger partial charge in [0.05, 0.1) is 24.7 Å². The van der Waals surface area contributed by atoms with Gasteiger partial charge in [-0.3, -0.25) is 4.79 Å². The number of hydrogen-bond donors (Lipinski definition) is 4. The Morgan fingerprint density at radius 2 is 1.78 bits per heavy atom. The molecule has 0 aromatic carbocycles. The number of aliphatic hydroxyl groups excluding tert-OH is 3. The maximum atomic E-state index is 10.6. The van der Waals surface area contributed by atoms with Crippen molar-refractivity contribution < 1.29 is 25.2 Å². The van der Waals surface area contributed by atoms with Crippen molar-refractivity contribution in [3.8, 4) is 0 Å². The highest BCUT2D eigenvalue weighted by Gasteiger charge is 2.36. The lowest BCUT2D eigenvalue weighted by molar-refractivity contribution is -0.139. The largest absolute Gasteiger partial charge is 0.481 e. The topological polar surface area (TPSA) is 98.0 Å². The second-order valence-corrected chi connectivity index (χ2v) is 9.29. The Morgan fingerprint density at radius 1 is 1.07 bits per heavy atom. The van der Waals surface area contributed by atoms with Gasteiger partial charge in [-0.25, -0.2) is 0 Å². The van der Waals surface area contributed by atoms with E-state index >= 15 is 0 Å². The molecule has 2 unspecified atom stereocenters. The molecule has 0 amide bonds. The molecular formula is C22H42O5. The van der Waals surface area contributed by atoms with Crippen molar-refractivity contribution in [3.05, 3.63) is 0 Å². The van der Waals surface area contributed by atoms with Gasteiger partial charge in [-0.15, -0.1) is 0 Å². The Kier molecular flexibility index (Phi) is 10.9. The number of rotatable bonds is 14. The summed E-state index contributed by atoms with van der Waals surface area (Å²) in [4.78, 5) is 10.6. The summed E-state index contributed by atoms with van der Waals surface area (Å²) < 4.78 is 0. The van der Waals surface area contributed by atoms with Crippen molar-refractivity contribution in [3.63, 3.8) is 0 Å². The summed E-state index contributed by atoms with van der Waals surface area (Å²) in [5, 5.41) is 39.3. The predicted molar refractivity (Wildman–Crippen MR) is 107 cm³/mol. The molecule has 0 aliphatic heterocycles. The minimum absolute atomic E-state index is 0.0741. The highest BCUT2D eigenvalue weighted by Crippen LogP contribution is 2.40. The second-order valence-electron chi connectivity index (χ2n) is 9.29. The highest BCUT2D eigenvalue weighted by atomic mass is 16.4. The molecule has 1 fully saturated rings. The fourth-order valence-electron chi connectivity index (χ4n) is 4.54. The summed E-state index contributed by atoms with van der Waals surface area (Å²) in [5.74, 6) is -0.227. The monoisotopic (exact) mass is 386 g/mol. The molecule has 4 N–H and O–H groups in total. The van der Waals surface area contributed by atoms with Crippen LogP contribution in [0.2, 0.25) is 0 Å². The van der Waals surface area contributed by atoms with E-state index in [0.717, 1.165) is 64.2 Å². The zero-order chi connectivity index (χ0) is 20.4. The van der Waals surface area contributed by atoms with E-state index in [-0.39, 0.29) is 30.0 Å². The number of carboxylic acids is 1. The van der Waals surface area contributed by atoms with Gasteiger partial charge in [-0.05, 0) is 55.8 Å². The molecule has 0 spiro atoms. The van der Waals surface area contributed by atoms with Gasteiger partial charge in [-0.2, -0.15) is 0 Å². The zero-order valence-corrected chi connectivity index (χ0v) is 17.6. The molecule has 5 nitrogen and oxygen atoms in total. The van der Waals surface area contributed by atoms with Gasteiger partial charge in [0.15, 0.2) is 0 Å². The predicted octanol–water partition coefficient (Wildman–Crippen LogP) is 4.13. The minimum atomic E-state index is -0.957. The van der Waals surface area contributed by atoms with Crippen LogP contribution >= 0.6 is 0 Å². The first-order chi connectivity index (χ1) is 12.7. The van der Waals surface area contributed by atoms with Crippen LogP contribution in [0.5, 0.6) is 0 Å². The molecule has 0 heterocycles. The summed E-state index contributed by atoms with van der Waals surface area (Å²) in [6, 6.07) is 0. The molecule has 1 aliphatic carbocycles. The second kappa shape index (κ2) is 12.0. The molecule has 0 saturated heterocycles. The minimum Gasteiger partial charge on any atom is -0.481 e. The number of hydrogen-bond acceptors (Lipinski definition) is 4. The van der Waals surface area contributed by atoms with Crippen LogP contribution in [-0.4, -0.2) is 44.7 Å². The van der Waals surface area contributed by atoms with Gasteiger partial charge >= 0.3 is 5.97 Å². The van der Waals surface area contributed by atoms with Gasteiger partial charge in [0.25, 0.3) is 0 Å². The fraction of sp³-hybridized carbons (Fsp3) is 0.955. The van der Waals surface area contributed by atoms with Crippen LogP contribution < -0.4 is 0 Å². The van der Waals surface area contributed by atoms with E-state index in [0.29, 0.717) is 12.3 Å². The Balaban J connectivity index is 2.37. The highest BCUT2D eigenvalue weighted by molar-refractivity contribution is 5.67. The standard InChI is InChI=1S/C22H42O5/c1-4-5-14-22(2,3)20(25)13-11-18-16(10-12-19(18)24)8-6-7-9-17(23)15-21(26)27/h16-20,23-25H,4-15H2,1-3H3,(H,26,27)/t16-,17?,18+,19+,20?/m0/s1. The van der Waals surface area contributed by atoms with Crippen LogP contribution in [-0.2, 0) is 4.79 Å². The third kappa shape index (κ3) is 8.93. The Bertz CT molecular complexity index is 423. The van der Waals surface area contributed by atoms with Gasteiger partial charge in [0.1, 0.15) is 0 Å². The van der Waals surface area contributed by atoms with Gasteiger partial charge in [0, 0.05) is 0 Å². The zero-order valence-electron chi connectivity index (χ0n) is 17.6. The number of carboxylic acid groups (broad SMARTS) is 1. The van der Waals surface area contributed by atoms with Gasteiger partial charge in [-0.1, -0.05) is 52.9 Å². The summed E-state index contributed by atoms with van der Waals surface area (Å²) in [6.07, 6.45) is 8.55. The Hall–Kier alpha value is -0.650. The van der Waals surface area contributed by atoms with Crippen LogP contribution in [0.1, 0.15) is 97.8 Å². The maximum absolute atomic E-state index is 10.6. The first-order valence-corrected chi connectivity index (χ1v) is 10.9. The summed E-state index contributed by atoms with van der Waals surface area (Å²) >= 11 is 0. The van der Waals surface area contributed by atoms with E-state index in [4.69, 9.17) is 5.11 Å². The molecule has 160 valence electrons. The van der Waals surface area contributed by atoms with Crippen LogP contribution in [0.3, 0.4) is 0 Å². The SMILES string of the molecule is CCCCC(C)(C)C(O)CC[C@@H]1[C@@H](CCCCC(O)CC(=O)O)CC[C@H]1O. The van der Waals surface area contributed by atoms with Crippen molar-refractivity contribution in [1.29, 1.82) is 0 Å².